The van der Waals surface area contributed by atoms with E-state index in [-0.39, 0.29) is 29.4 Å². The van der Waals surface area contributed by atoms with E-state index in [1.54, 1.807) is 30.3 Å². The van der Waals surface area contributed by atoms with Crippen molar-refractivity contribution in [2.24, 2.45) is 15.3 Å². The average Bonchev–Trinajstić information content (AvgIpc) is 3.46. The van der Waals surface area contributed by atoms with Crippen LogP contribution in [0.1, 0.15) is 120 Å². The number of unbranched alkanes of at least 4 members (excludes halogenated alkanes) is 14. The lowest BCUT2D eigenvalue weighted by Gasteiger charge is -2.15. The number of azo groups is 1. The van der Waals surface area contributed by atoms with Crippen LogP contribution in [0.25, 0.3) is 0 Å². The third-order valence-electron chi connectivity index (χ3n) is 9.10. The third kappa shape index (κ3) is 13.6. The highest BCUT2D eigenvalue weighted by atomic mass is 32.2. The van der Waals surface area contributed by atoms with Gasteiger partial charge in [0.05, 0.1) is 11.4 Å². The number of hydrogen-bond acceptors (Lipinski definition) is 10. The molecule has 0 aliphatic carbocycles. The number of aromatic carboxylic acids is 1. The topological polar surface area (TPSA) is 208 Å². The summed E-state index contributed by atoms with van der Waals surface area (Å²) >= 11 is 0. The molecule has 55 heavy (non-hydrogen) atoms. The van der Waals surface area contributed by atoms with Gasteiger partial charge in [-0.15, -0.1) is 5.10 Å². The molecule has 1 aliphatic rings. The first-order valence-corrected chi connectivity index (χ1v) is 20.5. The second-order valence-electron chi connectivity index (χ2n) is 13.5. The molecular formula is C40H51N5O9S. The van der Waals surface area contributed by atoms with Crippen LogP contribution < -0.4 is 15.1 Å². The molecule has 0 spiro atoms. The molecule has 0 aromatic heterocycles. The van der Waals surface area contributed by atoms with Crippen LogP contribution in [0, 0.1) is 0 Å². The highest BCUT2D eigenvalue weighted by Crippen LogP contribution is 2.34. The molecule has 4 N–H and O–H groups in total. The Hall–Kier alpha value is -5.15. The minimum Gasteiger partial charge on any atom is -0.507 e. The number of amides is 2. The summed E-state index contributed by atoms with van der Waals surface area (Å²) in [6.45, 7) is 2.23. The first-order valence-electron chi connectivity index (χ1n) is 19.0. The second-order valence-corrected chi connectivity index (χ2v) is 14.9. The fourth-order valence-electron chi connectivity index (χ4n) is 6.10. The van der Waals surface area contributed by atoms with Crippen molar-refractivity contribution in [3.63, 3.8) is 0 Å². The van der Waals surface area contributed by atoms with Gasteiger partial charge in [0, 0.05) is 6.42 Å². The number of phenols is 1. The summed E-state index contributed by atoms with van der Waals surface area (Å²) in [6.07, 6.45) is 17.9. The lowest BCUT2D eigenvalue weighted by atomic mass is 10.0. The molecule has 0 bridgehead atoms. The van der Waals surface area contributed by atoms with Crippen molar-refractivity contribution >= 4 is 45.1 Å². The Bertz CT molecular complexity index is 1920. The molecule has 1 atom stereocenters. The zero-order chi connectivity index (χ0) is 39.6. The van der Waals surface area contributed by atoms with Gasteiger partial charge in [-0.25, -0.2) is 4.79 Å². The number of rotatable bonds is 23. The number of hydrazone groups is 1. The number of carboxylic acids is 1. The zero-order valence-electron chi connectivity index (χ0n) is 31.2. The van der Waals surface area contributed by atoms with Crippen molar-refractivity contribution in [3.8, 4) is 17.2 Å². The third-order valence-corrected chi connectivity index (χ3v) is 9.98. The van der Waals surface area contributed by atoms with E-state index in [0.717, 1.165) is 48.9 Å². The summed E-state index contributed by atoms with van der Waals surface area (Å²) in [5, 5.41) is 35.0. The second kappa shape index (κ2) is 21.7. The van der Waals surface area contributed by atoms with Gasteiger partial charge in [-0.05, 0) is 55.0 Å². The molecule has 2 amide bonds. The van der Waals surface area contributed by atoms with Crippen molar-refractivity contribution in [3.05, 3.63) is 72.3 Å². The van der Waals surface area contributed by atoms with E-state index >= 15 is 0 Å². The van der Waals surface area contributed by atoms with Crippen LogP contribution in [0.3, 0.4) is 0 Å². The molecule has 0 saturated heterocycles. The van der Waals surface area contributed by atoms with Gasteiger partial charge in [0.1, 0.15) is 27.7 Å². The van der Waals surface area contributed by atoms with E-state index in [4.69, 9.17) is 4.74 Å². The Morgan fingerprint density at radius 1 is 0.836 bits per heavy atom. The van der Waals surface area contributed by atoms with Gasteiger partial charge in [0.25, 0.3) is 16.0 Å². The van der Waals surface area contributed by atoms with Gasteiger partial charge in [-0.2, -0.15) is 23.7 Å². The molecule has 4 rings (SSSR count). The van der Waals surface area contributed by atoms with Gasteiger partial charge in [0.15, 0.2) is 5.84 Å². The van der Waals surface area contributed by atoms with Gasteiger partial charge >= 0.3 is 5.97 Å². The molecule has 296 valence electrons. The number of hydrogen-bond donors (Lipinski definition) is 4. The predicted octanol–water partition coefficient (Wildman–Crippen LogP) is 9.32. The normalized spacial score (nSPS) is 14.4. The number of amidine groups is 1. The molecule has 1 aliphatic heterocycles. The quantitative estimate of drug-likeness (QED) is 0.0410. The highest BCUT2D eigenvalue weighted by Gasteiger charge is 2.39. The molecule has 1 heterocycles. The molecule has 14 nitrogen and oxygen atoms in total. The van der Waals surface area contributed by atoms with E-state index in [9.17, 15) is 37.6 Å². The van der Waals surface area contributed by atoms with E-state index in [2.05, 4.69) is 27.6 Å². The number of para-hydroxylation sites is 1. The Labute approximate surface area is 322 Å². The van der Waals surface area contributed by atoms with Crippen LogP contribution in [0.5, 0.6) is 17.2 Å². The maximum Gasteiger partial charge on any atom is 0.339 e. The number of benzene rings is 3. The van der Waals surface area contributed by atoms with E-state index in [1.165, 1.54) is 82.4 Å². The van der Waals surface area contributed by atoms with Crippen LogP contribution in [0.15, 0.2) is 87.0 Å². The summed E-state index contributed by atoms with van der Waals surface area (Å²) < 4.78 is 40.5. The molecular weight excluding hydrogens is 727 g/mol. The van der Waals surface area contributed by atoms with Crippen molar-refractivity contribution in [2.45, 2.75) is 121 Å². The first-order chi connectivity index (χ1) is 26.5. The molecule has 3 aromatic rings. The summed E-state index contributed by atoms with van der Waals surface area (Å²) in [5.74, 6) is -3.21. The molecule has 0 saturated carbocycles. The number of carbonyl (C=O) groups excluding carboxylic acids is 2. The first kappa shape index (κ1) is 42.6. The number of nitrogens with zero attached hydrogens (tertiary/aromatic N) is 4. The van der Waals surface area contributed by atoms with Gasteiger partial charge in [-0.1, -0.05) is 115 Å². The maximum absolute atomic E-state index is 13.7. The van der Waals surface area contributed by atoms with Crippen molar-refractivity contribution in [1.29, 1.82) is 0 Å². The van der Waals surface area contributed by atoms with E-state index < -0.39 is 50.2 Å². The average molecular weight is 778 g/mol. The summed E-state index contributed by atoms with van der Waals surface area (Å²) in [5.41, 5.74) is -0.513. The van der Waals surface area contributed by atoms with Crippen molar-refractivity contribution < 1.29 is 42.3 Å². The lowest BCUT2D eigenvalue weighted by molar-refractivity contribution is -0.119. The summed E-state index contributed by atoms with van der Waals surface area (Å²) in [7, 11) is -4.85. The van der Waals surface area contributed by atoms with Crippen LogP contribution in [-0.2, 0) is 19.7 Å². The van der Waals surface area contributed by atoms with Gasteiger partial charge < -0.3 is 20.3 Å². The summed E-state index contributed by atoms with van der Waals surface area (Å²) in [4.78, 5) is 37.6. The number of ether oxygens (including phenoxy) is 1. The monoisotopic (exact) mass is 777 g/mol. The number of carboxylic acid groups (broad SMARTS) is 1. The van der Waals surface area contributed by atoms with Crippen LogP contribution in [0.4, 0.5) is 11.4 Å². The zero-order valence-corrected chi connectivity index (χ0v) is 32.0. The van der Waals surface area contributed by atoms with Crippen molar-refractivity contribution in [2.75, 3.05) is 5.01 Å². The van der Waals surface area contributed by atoms with Gasteiger partial charge in [-0.3, -0.25) is 14.1 Å². The lowest BCUT2D eigenvalue weighted by Crippen LogP contribution is -2.39. The SMILES string of the molecule is CCCCCCCCCCCCCCCCCC(=O)NC1=NN(c2ccc(Oc3ccccc3)c(S(=O)(=O)O)c2)C(=O)C1N=Nc1ccc(O)c(C(=O)O)c1. The fourth-order valence-corrected chi connectivity index (χ4v) is 6.73. The number of anilines is 1. The van der Waals surface area contributed by atoms with E-state index in [0.29, 0.717) is 12.2 Å². The van der Waals surface area contributed by atoms with Crippen molar-refractivity contribution in [1.82, 2.24) is 5.32 Å². The standard InChI is InChI=1S/C40H51N5O9S/c1-2-3-4-5-6-7-8-9-10-11-12-13-14-15-19-22-36(47)41-38-37(43-42-29-23-25-33(46)32(27-29)40(49)50)39(48)45(44-38)30-24-26-34(35(28-30)55(51,52)53)54-31-20-17-16-18-21-31/h16-18,20-21,23-28,37,46H,2-15,19,22H2,1H3,(H,49,50)(H,41,44,47)(H,51,52,53). The Balaban J connectivity index is 1.39. The maximum atomic E-state index is 13.7. The van der Waals surface area contributed by atoms with Gasteiger partial charge in [0.2, 0.25) is 11.9 Å². The van der Waals surface area contributed by atoms with E-state index in [1.807, 2.05) is 0 Å². The molecule has 3 aromatic carbocycles. The minimum atomic E-state index is -4.85. The van der Waals surface area contributed by atoms with Crippen LogP contribution in [-0.4, -0.2) is 52.8 Å². The smallest absolute Gasteiger partial charge is 0.339 e. The number of nitrogens with one attached hydrogen (secondary N) is 1. The highest BCUT2D eigenvalue weighted by molar-refractivity contribution is 7.86. The molecule has 1 unspecified atom stereocenters. The fraction of sp³-hybridized carbons (Fsp3) is 0.450. The Morgan fingerprint density at radius 3 is 2.02 bits per heavy atom. The minimum absolute atomic E-state index is 0.000931. The Kier molecular flexibility index (Phi) is 16.8. The Morgan fingerprint density at radius 2 is 1.44 bits per heavy atom. The number of carbonyl (C=O) groups is 3. The van der Waals surface area contributed by atoms with Crippen LogP contribution >= 0.6 is 0 Å². The molecule has 0 radical (unpaired) electrons. The number of aromatic hydroxyl groups is 1. The summed E-state index contributed by atoms with van der Waals surface area (Å²) in [6, 6.07) is 13.9. The molecule has 15 heteroatoms. The molecule has 0 fully saturated rings. The predicted molar refractivity (Wildman–Crippen MR) is 209 cm³/mol. The largest absolute Gasteiger partial charge is 0.507 e. The van der Waals surface area contributed by atoms with Crippen LogP contribution in [0.2, 0.25) is 0 Å².